The van der Waals surface area contributed by atoms with Gasteiger partial charge in [-0.3, -0.25) is 0 Å². The second-order valence-electron chi connectivity index (χ2n) is 3.90. The fraction of sp³-hybridized carbons (Fsp3) is 0.308. The summed E-state index contributed by atoms with van der Waals surface area (Å²) in [4.78, 5) is 5.61. The average Bonchev–Trinajstić information content (AvgIpc) is 2.86. The first kappa shape index (κ1) is 13.3. The second kappa shape index (κ2) is 5.69. The van der Waals surface area contributed by atoms with E-state index in [-0.39, 0.29) is 6.04 Å². The molecule has 3 nitrogen and oxygen atoms in total. The smallest absolute Gasteiger partial charge is 0.130 e. The lowest BCUT2D eigenvalue weighted by Crippen LogP contribution is -2.10. The molecule has 0 radical (unpaired) electrons. The number of nitrogens with one attached hydrogen (secondary N) is 1. The van der Waals surface area contributed by atoms with Crippen molar-refractivity contribution in [3.8, 4) is 16.3 Å². The molecular weight excluding hydrogens is 268 g/mol. The molecular formula is C13H15ClN2OS. The summed E-state index contributed by atoms with van der Waals surface area (Å²) in [7, 11) is 3.57. The molecule has 1 N–H and O–H groups in total. The van der Waals surface area contributed by atoms with Gasteiger partial charge >= 0.3 is 0 Å². The van der Waals surface area contributed by atoms with Gasteiger partial charge in [0.05, 0.1) is 17.7 Å². The Balaban J connectivity index is 2.46. The first-order valence-electron chi connectivity index (χ1n) is 5.63. The van der Waals surface area contributed by atoms with E-state index in [0.717, 1.165) is 16.3 Å². The highest BCUT2D eigenvalue weighted by Crippen LogP contribution is 2.39. The van der Waals surface area contributed by atoms with Gasteiger partial charge in [0.15, 0.2) is 0 Å². The van der Waals surface area contributed by atoms with Crippen LogP contribution in [0.25, 0.3) is 10.6 Å². The molecule has 1 heterocycles. The summed E-state index contributed by atoms with van der Waals surface area (Å²) in [5.41, 5.74) is 0.862. The molecule has 2 aromatic rings. The number of rotatable bonds is 4. The van der Waals surface area contributed by atoms with Crippen LogP contribution < -0.4 is 10.1 Å². The molecule has 0 saturated carbocycles. The van der Waals surface area contributed by atoms with Crippen molar-refractivity contribution in [2.75, 3.05) is 14.2 Å². The van der Waals surface area contributed by atoms with Crippen LogP contribution in [-0.4, -0.2) is 19.1 Å². The van der Waals surface area contributed by atoms with E-state index in [1.165, 1.54) is 4.88 Å². The van der Waals surface area contributed by atoms with Gasteiger partial charge in [0.25, 0.3) is 0 Å². The Morgan fingerprint density at radius 3 is 2.89 bits per heavy atom. The fourth-order valence-corrected chi connectivity index (χ4v) is 2.98. The predicted octanol–water partition coefficient (Wildman–Crippen LogP) is 3.75. The van der Waals surface area contributed by atoms with Crippen molar-refractivity contribution in [2.45, 2.75) is 13.0 Å². The summed E-state index contributed by atoms with van der Waals surface area (Å²) in [5, 5.41) is 4.74. The summed E-state index contributed by atoms with van der Waals surface area (Å²) in [6.45, 7) is 2.10. The van der Waals surface area contributed by atoms with Crippen LogP contribution in [0, 0.1) is 0 Å². The van der Waals surface area contributed by atoms with E-state index in [1.807, 2.05) is 31.4 Å². The van der Waals surface area contributed by atoms with Crippen LogP contribution in [-0.2, 0) is 0 Å². The maximum Gasteiger partial charge on any atom is 0.130 e. The summed E-state index contributed by atoms with van der Waals surface area (Å²) in [6.07, 6.45) is 1.88. The van der Waals surface area contributed by atoms with Gasteiger partial charge in [0.1, 0.15) is 10.8 Å². The second-order valence-corrected chi connectivity index (χ2v) is 5.36. The Morgan fingerprint density at radius 2 is 2.22 bits per heavy atom. The molecule has 5 heteroatoms. The van der Waals surface area contributed by atoms with E-state index in [4.69, 9.17) is 16.3 Å². The number of benzene rings is 1. The highest BCUT2D eigenvalue weighted by Gasteiger charge is 2.15. The number of halogens is 1. The molecule has 2 rings (SSSR count). The van der Waals surface area contributed by atoms with Crippen LogP contribution in [0.15, 0.2) is 24.4 Å². The Bertz CT molecular complexity index is 542. The summed E-state index contributed by atoms with van der Waals surface area (Å²) in [6, 6.07) is 5.89. The third-order valence-electron chi connectivity index (χ3n) is 2.79. The molecule has 96 valence electrons. The van der Waals surface area contributed by atoms with Gasteiger partial charge in [-0.15, -0.1) is 11.3 Å². The Kier molecular flexibility index (Phi) is 4.22. The van der Waals surface area contributed by atoms with Crippen molar-refractivity contribution in [1.82, 2.24) is 10.3 Å². The third kappa shape index (κ3) is 2.51. The third-order valence-corrected chi connectivity index (χ3v) is 4.31. The average molecular weight is 283 g/mol. The van der Waals surface area contributed by atoms with Crippen molar-refractivity contribution in [3.63, 3.8) is 0 Å². The molecule has 0 saturated heterocycles. The molecule has 0 fully saturated rings. The van der Waals surface area contributed by atoms with Crippen molar-refractivity contribution >= 4 is 22.9 Å². The van der Waals surface area contributed by atoms with Gasteiger partial charge in [0.2, 0.25) is 0 Å². The Labute approximate surface area is 116 Å². The molecule has 0 bridgehead atoms. The predicted molar refractivity (Wildman–Crippen MR) is 76.6 cm³/mol. The lowest BCUT2D eigenvalue weighted by atomic mass is 10.2. The van der Waals surface area contributed by atoms with E-state index in [0.29, 0.717) is 5.02 Å². The van der Waals surface area contributed by atoms with Crippen molar-refractivity contribution in [1.29, 1.82) is 0 Å². The Morgan fingerprint density at radius 1 is 1.44 bits per heavy atom. The molecule has 1 atom stereocenters. The lowest BCUT2D eigenvalue weighted by Gasteiger charge is -2.08. The van der Waals surface area contributed by atoms with E-state index in [9.17, 15) is 0 Å². The van der Waals surface area contributed by atoms with Crippen molar-refractivity contribution < 1.29 is 4.74 Å². The van der Waals surface area contributed by atoms with E-state index >= 15 is 0 Å². The molecule has 1 aromatic carbocycles. The van der Waals surface area contributed by atoms with Gasteiger partial charge in [-0.25, -0.2) is 4.98 Å². The molecule has 1 aromatic heterocycles. The number of hydrogen-bond acceptors (Lipinski definition) is 4. The summed E-state index contributed by atoms with van der Waals surface area (Å²) < 4.78 is 5.34. The van der Waals surface area contributed by atoms with E-state index in [1.54, 1.807) is 18.4 Å². The molecule has 0 aliphatic heterocycles. The number of nitrogens with zero attached hydrogens (tertiary/aromatic N) is 1. The minimum atomic E-state index is 0.282. The summed E-state index contributed by atoms with van der Waals surface area (Å²) in [5.74, 6) is 0.750. The SMILES string of the molecule is CNC(C)c1cnc(-c2c(Cl)cccc2OC)s1. The molecule has 0 aliphatic rings. The van der Waals surface area contributed by atoms with E-state index in [2.05, 4.69) is 17.2 Å². The maximum absolute atomic E-state index is 6.24. The van der Waals surface area contributed by atoms with Crippen LogP contribution in [0.1, 0.15) is 17.8 Å². The lowest BCUT2D eigenvalue weighted by molar-refractivity contribution is 0.416. The largest absolute Gasteiger partial charge is 0.496 e. The van der Waals surface area contributed by atoms with E-state index < -0.39 is 0 Å². The van der Waals surface area contributed by atoms with Gasteiger partial charge in [-0.2, -0.15) is 0 Å². The van der Waals surface area contributed by atoms with Crippen LogP contribution in [0.2, 0.25) is 5.02 Å². The monoisotopic (exact) mass is 282 g/mol. The number of methoxy groups -OCH3 is 1. The van der Waals surface area contributed by atoms with Crippen LogP contribution >= 0.6 is 22.9 Å². The quantitative estimate of drug-likeness (QED) is 0.927. The zero-order chi connectivity index (χ0) is 13.1. The van der Waals surface area contributed by atoms with Crippen LogP contribution in [0.5, 0.6) is 5.75 Å². The normalized spacial score (nSPS) is 12.4. The number of thiazole rings is 1. The number of hydrogen-bond donors (Lipinski definition) is 1. The Hall–Kier alpha value is -1.10. The van der Waals surface area contributed by atoms with Gasteiger partial charge in [-0.05, 0) is 26.1 Å². The topological polar surface area (TPSA) is 34.2 Å². The number of aromatic nitrogens is 1. The molecule has 1 unspecified atom stereocenters. The first-order chi connectivity index (χ1) is 8.67. The minimum Gasteiger partial charge on any atom is -0.496 e. The zero-order valence-electron chi connectivity index (χ0n) is 10.5. The molecule has 0 aliphatic carbocycles. The molecule has 18 heavy (non-hydrogen) atoms. The fourth-order valence-electron chi connectivity index (χ4n) is 1.63. The maximum atomic E-state index is 6.24. The highest BCUT2D eigenvalue weighted by molar-refractivity contribution is 7.15. The summed E-state index contributed by atoms with van der Waals surface area (Å²) >= 11 is 7.86. The zero-order valence-corrected chi connectivity index (χ0v) is 12.1. The van der Waals surface area contributed by atoms with Gasteiger partial charge in [-0.1, -0.05) is 17.7 Å². The van der Waals surface area contributed by atoms with Gasteiger partial charge in [0, 0.05) is 17.1 Å². The van der Waals surface area contributed by atoms with Crippen LogP contribution in [0.4, 0.5) is 0 Å². The first-order valence-corrected chi connectivity index (χ1v) is 6.82. The minimum absolute atomic E-state index is 0.282. The highest BCUT2D eigenvalue weighted by atomic mass is 35.5. The number of ether oxygens (including phenoxy) is 1. The van der Waals surface area contributed by atoms with Crippen LogP contribution in [0.3, 0.4) is 0 Å². The molecule has 0 spiro atoms. The molecule has 0 amide bonds. The van der Waals surface area contributed by atoms with Gasteiger partial charge < -0.3 is 10.1 Å². The standard InChI is InChI=1S/C13H15ClN2OS/c1-8(15-2)11-7-16-13(18-11)12-9(14)5-4-6-10(12)17-3/h4-8,15H,1-3H3. The van der Waals surface area contributed by atoms with Crippen molar-refractivity contribution in [2.24, 2.45) is 0 Å². The van der Waals surface area contributed by atoms with Crippen molar-refractivity contribution in [3.05, 3.63) is 34.3 Å².